The average molecular weight is 259 g/mol. The Hall–Kier alpha value is -0.640. The van der Waals surface area contributed by atoms with Gasteiger partial charge in [-0.15, -0.1) is 0 Å². The maximum absolute atomic E-state index is 13.0. The first-order valence-corrected chi connectivity index (χ1v) is 6.11. The van der Waals surface area contributed by atoms with Crippen molar-refractivity contribution in [3.63, 3.8) is 0 Å². The van der Waals surface area contributed by atoms with Gasteiger partial charge in [-0.2, -0.15) is 0 Å². The van der Waals surface area contributed by atoms with Crippen molar-refractivity contribution in [3.05, 3.63) is 34.6 Å². The van der Waals surface area contributed by atoms with Gasteiger partial charge in [-0.25, -0.2) is 4.39 Å². The van der Waals surface area contributed by atoms with E-state index in [1.165, 1.54) is 12.1 Å². The van der Waals surface area contributed by atoms with E-state index in [-0.39, 0.29) is 23.9 Å². The number of hydrogen-bond donors (Lipinski definition) is 1. The van der Waals surface area contributed by atoms with Gasteiger partial charge in [-0.05, 0) is 37.5 Å². The lowest BCUT2D eigenvalue weighted by atomic mass is 9.77. The highest BCUT2D eigenvalue weighted by atomic mass is 35.5. The van der Waals surface area contributed by atoms with E-state index in [1.807, 2.05) is 6.92 Å². The van der Waals surface area contributed by atoms with Crippen LogP contribution in [0.4, 0.5) is 4.39 Å². The van der Waals surface area contributed by atoms with Crippen LogP contribution in [0.2, 0.25) is 5.02 Å². The molecule has 1 heterocycles. The summed E-state index contributed by atoms with van der Waals surface area (Å²) in [5, 5.41) is 10.0. The summed E-state index contributed by atoms with van der Waals surface area (Å²) in [5.41, 5.74) is 0.570. The van der Waals surface area contributed by atoms with Gasteiger partial charge in [-0.3, -0.25) is 0 Å². The maximum Gasteiger partial charge on any atom is 0.124 e. The molecule has 0 radical (unpaired) electrons. The van der Waals surface area contributed by atoms with Crippen molar-refractivity contribution < 1.29 is 14.2 Å². The minimum atomic E-state index is -0.340. The summed E-state index contributed by atoms with van der Waals surface area (Å²) in [6.07, 6.45) is 1.41. The molecule has 4 heteroatoms. The van der Waals surface area contributed by atoms with E-state index in [0.717, 1.165) is 12.0 Å². The van der Waals surface area contributed by atoms with Crippen molar-refractivity contribution in [1.82, 2.24) is 0 Å². The number of halogens is 2. The predicted molar refractivity (Wildman–Crippen MR) is 64.7 cm³/mol. The van der Waals surface area contributed by atoms with Gasteiger partial charge in [0.25, 0.3) is 0 Å². The number of hydrogen-bond acceptors (Lipinski definition) is 2. The molecule has 0 saturated carbocycles. The van der Waals surface area contributed by atoms with Gasteiger partial charge in [0, 0.05) is 17.0 Å². The molecule has 1 aliphatic heterocycles. The molecule has 1 aliphatic rings. The Morgan fingerprint density at radius 3 is 2.88 bits per heavy atom. The van der Waals surface area contributed by atoms with Crippen LogP contribution in [-0.4, -0.2) is 24.4 Å². The van der Waals surface area contributed by atoms with Crippen LogP contribution in [0.15, 0.2) is 18.2 Å². The quantitative estimate of drug-likeness (QED) is 0.903. The number of aliphatic hydroxyl groups is 1. The summed E-state index contributed by atoms with van der Waals surface area (Å²) in [6.45, 7) is 2.67. The van der Waals surface area contributed by atoms with E-state index in [2.05, 4.69) is 0 Å². The van der Waals surface area contributed by atoms with Crippen molar-refractivity contribution in [3.8, 4) is 0 Å². The summed E-state index contributed by atoms with van der Waals surface area (Å²) in [4.78, 5) is 0. The lowest BCUT2D eigenvalue weighted by molar-refractivity contribution is 0.0272. The highest BCUT2D eigenvalue weighted by molar-refractivity contribution is 6.31. The van der Waals surface area contributed by atoms with Crippen molar-refractivity contribution in [1.29, 1.82) is 0 Å². The maximum atomic E-state index is 13.0. The summed E-state index contributed by atoms with van der Waals surface area (Å²) in [5.74, 6) is -0.340. The van der Waals surface area contributed by atoms with Gasteiger partial charge in [0.1, 0.15) is 5.82 Å². The molecule has 1 aromatic rings. The van der Waals surface area contributed by atoms with Crippen molar-refractivity contribution in [2.75, 3.05) is 13.2 Å². The van der Waals surface area contributed by atoms with Gasteiger partial charge in [0.2, 0.25) is 0 Å². The van der Waals surface area contributed by atoms with Gasteiger partial charge in [0.15, 0.2) is 0 Å². The van der Waals surface area contributed by atoms with E-state index in [1.54, 1.807) is 6.07 Å². The Kier molecular flexibility index (Phi) is 3.71. The molecule has 1 aromatic carbocycles. The standard InChI is InChI=1S/C13H16ClFO2/c1-9-13(8-16,4-5-17-9)7-10-2-3-11(15)6-12(10)14/h2-3,6,9,16H,4-5,7-8H2,1H3. The topological polar surface area (TPSA) is 29.5 Å². The number of aliphatic hydroxyl groups excluding tert-OH is 1. The third-order valence-corrected chi connectivity index (χ3v) is 4.05. The second-order valence-electron chi connectivity index (χ2n) is 4.70. The second kappa shape index (κ2) is 4.92. The van der Waals surface area contributed by atoms with Crippen LogP contribution in [0.1, 0.15) is 18.9 Å². The first kappa shape index (κ1) is 12.8. The monoisotopic (exact) mass is 258 g/mol. The largest absolute Gasteiger partial charge is 0.396 e. The van der Waals surface area contributed by atoms with Gasteiger partial charge in [-0.1, -0.05) is 17.7 Å². The molecule has 2 nitrogen and oxygen atoms in total. The zero-order valence-electron chi connectivity index (χ0n) is 9.75. The molecule has 94 valence electrons. The van der Waals surface area contributed by atoms with Gasteiger partial charge < -0.3 is 9.84 Å². The van der Waals surface area contributed by atoms with Gasteiger partial charge in [0.05, 0.1) is 12.7 Å². The zero-order valence-corrected chi connectivity index (χ0v) is 10.5. The molecule has 0 aliphatic carbocycles. The Labute approximate surface area is 105 Å². The minimum absolute atomic E-state index is 0.00591. The zero-order chi connectivity index (χ0) is 12.5. The van der Waals surface area contributed by atoms with Crippen LogP contribution in [0, 0.1) is 11.2 Å². The second-order valence-corrected chi connectivity index (χ2v) is 5.10. The molecule has 17 heavy (non-hydrogen) atoms. The molecule has 1 saturated heterocycles. The molecule has 0 amide bonds. The highest BCUT2D eigenvalue weighted by Gasteiger charge is 2.41. The van der Waals surface area contributed by atoms with E-state index in [9.17, 15) is 9.50 Å². The Balaban J connectivity index is 2.24. The van der Waals surface area contributed by atoms with Crippen LogP contribution in [0.25, 0.3) is 0 Å². The molecule has 1 fully saturated rings. The van der Waals surface area contributed by atoms with Crippen molar-refractivity contribution >= 4 is 11.6 Å². The van der Waals surface area contributed by atoms with E-state index in [4.69, 9.17) is 16.3 Å². The first-order valence-electron chi connectivity index (χ1n) is 5.74. The fraction of sp³-hybridized carbons (Fsp3) is 0.538. The SMILES string of the molecule is CC1OCCC1(CO)Cc1ccc(F)cc1Cl. The number of rotatable bonds is 3. The molecule has 2 rings (SSSR count). The molecular weight excluding hydrogens is 243 g/mol. The van der Waals surface area contributed by atoms with Gasteiger partial charge >= 0.3 is 0 Å². The molecule has 0 spiro atoms. The Morgan fingerprint density at radius 1 is 1.59 bits per heavy atom. The fourth-order valence-corrected chi connectivity index (χ4v) is 2.59. The number of benzene rings is 1. The summed E-state index contributed by atoms with van der Waals surface area (Å²) < 4.78 is 18.5. The molecule has 2 unspecified atom stereocenters. The molecular formula is C13H16ClFO2. The van der Waals surface area contributed by atoms with E-state index in [0.29, 0.717) is 18.1 Å². The van der Waals surface area contributed by atoms with Crippen LogP contribution in [0.5, 0.6) is 0 Å². The van der Waals surface area contributed by atoms with Crippen molar-refractivity contribution in [2.24, 2.45) is 5.41 Å². The molecule has 0 bridgehead atoms. The van der Waals surface area contributed by atoms with E-state index < -0.39 is 0 Å². The third-order valence-electron chi connectivity index (χ3n) is 3.70. The Bertz CT molecular complexity index is 410. The Morgan fingerprint density at radius 2 is 2.35 bits per heavy atom. The normalized spacial score (nSPS) is 28.6. The smallest absolute Gasteiger partial charge is 0.124 e. The lowest BCUT2D eigenvalue weighted by Gasteiger charge is -2.30. The van der Waals surface area contributed by atoms with Crippen LogP contribution < -0.4 is 0 Å². The van der Waals surface area contributed by atoms with Crippen LogP contribution in [0.3, 0.4) is 0 Å². The summed E-state index contributed by atoms with van der Waals surface area (Å²) in [6, 6.07) is 4.38. The number of ether oxygens (including phenoxy) is 1. The summed E-state index contributed by atoms with van der Waals surface area (Å²) in [7, 11) is 0. The van der Waals surface area contributed by atoms with Crippen molar-refractivity contribution in [2.45, 2.75) is 25.9 Å². The van der Waals surface area contributed by atoms with Crippen LogP contribution in [-0.2, 0) is 11.2 Å². The third kappa shape index (κ3) is 2.46. The predicted octanol–water partition coefficient (Wildman–Crippen LogP) is 2.81. The fourth-order valence-electron chi connectivity index (χ4n) is 2.36. The summed E-state index contributed by atoms with van der Waals surface area (Å²) >= 11 is 6.01. The average Bonchev–Trinajstić information content (AvgIpc) is 2.65. The molecule has 1 N–H and O–H groups in total. The molecule has 0 aromatic heterocycles. The van der Waals surface area contributed by atoms with E-state index >= 15 is 0 Å². The molecule has 2 atom stereocenters. The highest BCUT2D eigenvalue weighted by Crippen LogP contribution is 2.39. The van der Waals surface area contributed by atoms with Crippen LogP contribution >= 0.6 is 11.6 Å². The first-order chi connectivity index (χ1) is 8.07. The lowest BCUT2D eigenvalue weighted by Crippen LogP contribution is -2.35. The minimum Gasteiger partial charge on any atom is -0.396 e.